The van der Waals surface area contributed by atoms with Crippen LogP contribution in [0.4, 0.5) is 0 Å². The number of hydrogen-bond acceptors (Lipinski definition) is 3. The van der Waals surface area contributed by atoms with E-state index in [2.05, 4.69) is 27.9 Å². The van der Waals surface area contributed by atoms with E-state index in [9.17, 15) is 4.79 Å². The summed E-state index contributed by atoms with van der Waals surface area (Å²) < 4.78 is 2.20. The first-order chi connectivity index (χ1) is 9.67. The van der Waals surface area contributed by atoms with Crippen LogP contribution in [0.1, 0.15) is 25.6 Å². The molecule has 2 rings (SSSR count). The number of benzene rings is 1. The average molecular weight is 274 g/mol. The van der Waals surface area contributed by atoms with Crippen molar-refractivity contribution in [2.24, 2.45) is 5.73 Å². The molecule has 1 amide bonds. The molecule has 1 atom stereocenters. The van der Waals surface area contributed by atoms with Gasteiger partial charge in [-0.25, -0.2) is 4.98 Å². The van der Waals surface area contributed by atoms with E-state index >= 15 is 0 Å². The minimum Gasteiger partial charge on any atom is -0.368 e. The second kappa shape index (κ2) is 6.52. The van der Waals surface area contributed by atoms with E-state index in [1.54, 1.807) is 7.05 Å². The summed E-state index contributed by atoms with van der Waals surface area (Å²) in [4.78, 5) is 16.0. The molecule has 5 nitrogen and oxygen atoms in total. The monoisotopic (exact) mass is 274 g/mol. The molecule has 1 aromatic heterocycles. The number of aromatic nitrogens is 2. The van der Waals surface area contributed by atoms with Crippen LogP contribution in [0.15, 0.2) is 24.3 Å². The van der Waals surface area contributed by atoms with Gasteiger partial charge in [-0.15, -0.1) is 0 Å². The van der Waals surface area contributed by atoms with E-state index < -0.39 is 0 Å². The maximum absolute atomic E-state index is 11.3. The summed E-state index contributed by atoms with van der Waals surface area (Å²) in [7, 11) is 1.76. The van der Waals surface area contributed by atoms with Crippen LogP contribution in [0.25, 0.3) is 11.0 Å². The highest BCUT2D eigenvalue weighted by molar-refractivity contribution is 5.80. The van der Waals surface area contributed by atoms with Crippen molar-refractivity contribution < 1.29 is 4.79 Å². The molecule has 1 heterocycles. The number of nitrogens with zero attached hydrogens (tertiary/aromatic N) is 2. The van der Waals surface area contributed by atoms with Gasteiger partial charge >= 0.3 is 0 Å². The number of imidazole rings is 1. The molecule has 1 unspecified atom stereocenters. The number of likely N-dealkylation sites (N-methyl/N-ethyl adjacent to an activating group) is 1. The van der Waals surface area contributed by atoms with Crippen LogP contribution >= 0.6 is 0 Å². The number of nitrogens with one attached hydrogen (secondary N) is 1. The van der Waals surface area contributed by atoms with Crippen molar-refractivity contribution in [3.63, 3.8) is 0 Å². The Morgan fingerprint density at radius 2 is 2.20 bits per heavy atom. The lowest BCUT2D eigenvalue weighted by Crippen LogP contribution is -2.39. The van der Waals surface area contributed by atoms with Crippen LogP contribution < -0.4 is 11.1 Å². The molecule has 0 spiro atoms. The Hall–Kier alpha value is -1.88. The standard InChI is InChI=1S/C15H22N4O/c1-3-6-14-18-11-7-4-5-8-13(11)19(14)10-9-12(17-2)15(16)20/h4-5,7-8,12,17H,3,6,9-10H2,1-2H3,(H2,16,20). The van der Waals surface area contributed by atoms with E-state index in [4.69, 9.17) is 5.73 Å². The molecular formula is C15H22N4O. The highest BCUT2D eigenvalue weighted by atomic mass is 16.1. The van der Waals surface area contributed by atoms with Crippen molar-refractivity contribution in [1.82, 2.24) is 14.9 Å². The second-order valence-electron chi connectivity index (χ2n) is 4.95. The maximum Gasteiger partial charge on any atom is 0.234 e. The Morgan fingerprint density at radius 1 is 1.45 bits per heavy atom. The van der Waals surface area contributed by atoms with Gasteiger partial charge in [-0.1, -0.05) is 19.1 Å². The van der Waals surface area contributed by atoms with Gasteiger partial charge in [0.2, 0.25) is 5.91 Å². The van der Waals surface area contributed by atoms with E-state index in [-0.39, 0.29) is 11.9 Å². The smallest absolute Gasteiger partial charge is 0.234 e. The van der Waals surface area contributed by atoms with Gasteiger partial charge in [-0.05, 0) is 32.0 Å². The van der Waals surface area contributed by atoms with Crippen molar-refractivity contribution in [3.05, 3.63) is 30.1 Å². The number of amides is 1. The lowest BCUT2D eigenvalue weighted by Gasteiger charge is -2.14. The molecule has 108 valence electrons. The zero-order valence-electron chi connectivity index (χ0n) is 12.1. The first kappa shape index (κ1) is 14.5. The van der Waals surface area contributed by atoms with E-state index in [0.717, 1.165) is 36.2 Å². The highest BCUT2D eigenvalue weighted by Gasteiger charge is 2.15. The third-order valence-electron chi connectivity index (χ3n) is 3.54. The molecule has 1 aromatic carbocycles. The predicted octanol–water partition coefficient (Wildman–Crippen LogP) is 1.45. The Bertz CT molecular complexity index is 591. The van der Waals surface area contributed by atoms with Gasteiger partial charge in [0.1, 0.15) is 5.82 Å². The number of aryl methyl sites for hydroxylation is 2. The molecule has 2 aromatic rings. The third-order valence-corrected chi connectivity index (χ3v) is 3.54. The zero-order chi connectivity index (χ0) is 14.5. The Kier molecular flexibility index (Phi) is 4.74. The van der Waals surface area contributed by atoms with Gasteiger partial charge < -0.3 is 15.6 Å². The van der Waals surface area contributed by atoms with Crippen molar-refractivity contribution in [3.8, 4) is 0 Å². The summed E-state index contributed by atoms with van der Waals surface area (Å²) in [5.74, 6) is 0.766. The first-order valence-electron chi connectivity index (χ1n) is 7.08. The van der Waals surface area contributed by atoms with Gasteiger partial charge in [0, 0.05) is 13.0 Å². The number of rotatable bonds is 7. The molecule has 0 saturated carbocycles. The largest absolute Gasteiger partial charge is 0.368 e. The molecule has 0 aliphatic rings. The molecule has 20 heavy (non-hydrogen) atoms. The minimum absolute atomic E-state index is 0.300. The summed E-state index contributed by atoms with van der Waals surface area (Å²) in [6.45, 7) is 2.88. The summed E-state index contributed by atoms with van der Waals surface area (Å²) in [6, 6.07) is 7.80. The number of hydrogen-bond donors (Lipinski definition) is 2. The molecule has 0 fully saturated rings. The zero-order valence-corrected chi connectivity index (χ0v) is 12.1. The fourth-order valence-electron chi connectivity index (χ4n) is 2.48. The molecule has 0 aliphatic heterocycles. The quantitative estimate of drug-likeness (QED) is 0.802. The predicted molar refractivity (Wildman–Crippen MR) is 80.4 cm³/mol. The number of nitrogens with two attached hydrogens (primary N) is 1. The number of carbonyl (C=O) groups is 1. The van der Waals surface area contributed by atoms with Gasteiger partial charge in [-0.3, -0.25) is 4.79 Å². The summed E-state index contributed by atoms with van der Waals surface area (Å²) in [5, 5.41) is 2.96. The summed E-state index contributed by atoms with van der Waals surface area (Å²) in [6.07, 6.45) is 2.66. The normalized spacial score (nSPS) is 12.7. The fraction of sp³-hybridized carbons (Fsp3) is 0.467. The van der Waals surface area contributed by atoms with Crippen LogP contribution in [0.2, 0.25) is 0 Å². The van der Waals surface area contributed by atoms with Crippen LogP contribution in [-0.4, -0.2) is 28.5 Å². The summed E-state index contributed by atoms with van der Waals surface area (Å²) >= 11 is 0. The number of fused-ring (bicyclic) bond motifs is 1. The topological polar surface area (TPSA) is 72.9 Å². The molecule has 0 saturated heterocycles. The van der Waals surface area contributed by atoms with Crippen molar-refractivity contribution in [2.75, 3.05) is 7.05 Å². The van der Waals surface area contributed by atoms with E-state index in [0.29, 0.717) is 6.42 Å². The van der Waals surface area contributed by atoms with Crippen LogP contribution in [0, 0.1) is 0 Å². The number of para-hydroxylation sites is 2. The molecule has 0 aliphatic carbocycles. The molecule has 0 radical (unpaired) electrons. The van der Waals surface area contributed by atoms with Gasteiger partial charge in [0.05, 0.1) is 17.1 Å². The minimum atomic E-state index is -0.311. The number of carbonyl (C=O) groups excluding carboxylic acids is 1. The van der Waals surface area contributed by atoms with Gasteiger partial charge in [0.15, 0.2) is 0 Å². The van der Waals surface area contributed by atoms with Crippen molar-refractivity contribution >= 4 is 16.9 Å². The Morgan fingerprint density at radius 3 is 2.85 bits per heavy atom. The van der Waals surface area contributed by atoms with E-state index in [1.165, 1.54) is 0 Å². The lowest BCUT2D eigenvalue weighted by atomic mass is 10.2. The first-order valence-corrected chi connectivity index (χ1v) is 7.08. The SMILES string of the molecule is CCCc1nc2ccccc2n1CCC(NC)C(N)=O. The maximum atomic E-state index is 11.3. The van der Waals surface area contributed by atoms with Crippen LogP contribution in [0.5, 0.6) is 0 Å². The molecule has 3 N–H and O–H groups in total. The van der Waals surface area contributed by atoms with Crippen LogP contribution in [0.3, 0.4) is 0 Å². The molecule has 5 heteroatoms. The van der Waals surface area contributed by atoms with Gasteiger partial charge in [-0.2, -0.15) is 0 Å². The number of primary amides is 1. The lowest BCUT2D eigenvalue weighted by molar-refractivity contribution is -0.120. The Labute approximate surface area is 119 Å². The second-order valence-corrected chi connectivity index (χ2v) is 4.95. The fourth-order valence-corrected chi connectivity index (χ4v) is 2.48. The third kappa shape index (κ3) is 2.99. The van der Waals surface area contributed by atoms with E-state index in [1.807, 2.05) is 18.2 Å². The molecule has 0 bridgehead atoms. The van der Waals surface area contributed by atoms with Crippen LogP contribution in [-0.2, 0) is 17.8 Å². The van der Waals surface area contributed by atoms with Crippen molar-refractivity contribution in [1.29, 1.82) is 0 Å². The molecular weight excluding hydrogens is 252 g/mol. The van der Waals surface area contributed by atoms with Gasteiger partial charge in [0.25, 0.3) is 0 Å². The summed E-state index contributed by atoms with van der Waals surface area (Å²) in [5.41, 5.74) is 7.50. The van der Waals surface area contributed by atoms with Crippen molar-refractivity contribution in [2.45, 2.75) is 38.8 Å². The highest BCUT2D eigenvalue weighted by Crippen LogP contribution is 2.18. The Balaban J connectivity index is 2.27. The average Bonchev–Trinajstić information content (AvgIpc) is 2.77.